The van der Waals surface area contributed by atoms with Crippen LogP contribution in [-0.4, -0.2) is 10.2 Å². The molecule has 0 spiro atoms. The fourth-order valence-electron chi connectivity index (χ4n) is 2.46. The molecule has 1 aliphatic rings. The predicted octanol–water partition coefficient (Wildman–Crippen LogP) is 3.52. The number of aryl methyl sites for hydroxylation is 1. The van der Waals surface area contributed by atoms with Crippen molar-refractivity contribution in [1.29, 1.82) is 0 Å². The van der Waals surface area contributed by atoms with Crippen LogP contribution in [-0.2, 0) is 6.54 Å². The van der Waals surface area contributed by atoms with Crippen LogP contribution in [0.2, 0.25) is 0 Å². The minimum Gasteiger partial charge on any atom is -0.326 e. The maximum atomic E-state index is 5.78. The van der Waals surface area contributed by atoms with Gasteiger partial charge in [0.15, 0.2) is 0 Å². The van der Waals surface area contributed by atoms with E-state index in [1.54, 1.807) is 0 Å². The number of pyridine rings is 1. The largest absolute Gasteiger partial charge is 0.326 e. The van der Waals surface area contributed by atoms with Gasteiger partial charge in [-0.15, -0.1) is 11.8 Å². The van der Waals surface area contributed by atoms with Crippen molar-refractivity contribution in [2.24, 2.45) is 11.7 Å². The summed E-state index contributed by atoms with van der Waals surface area (Å²) in [6.45, 7) is 5.01. The number of hydrogen-bond donors (Lipinski definition) is 1. The van der Waals surface area contributed by atoms with Crippen LogP contribution in [0.25, 0.3) is 0 Å². The van der Waals surface area contributed by atoms with Crippen molar-refractivity contribution < 1.29 is 0 Å². The molecule has 0 radical (unpaired) electrons. The zero-order valence-corrected chi connectivity index (χ0v) is 11.6. The lowest BCUT2D eigenvalue weighted by Gasteiger charge is -2.26. The third-order valence-corrected chi connectivity index (χ3v) is 4.80. The number of aromatic nitrogens is 1. The predicted molar refractivity (Wildman–Crippen MR) is 74.1 cm³/mol. The SMILES string of the molecule is Cc1ccc(CN)c(SC2CCCC(C)C2)n1. The average Bonchev–Trinajstić information content (AvgIpc) is 2.29. The third-order valence-electron chi connectivity index (χ3n) is 3.46. The first-order chi connectivity index (χ1) is 8.19. The Morgan fingerprint density at radius 2 is 2.24 bits per heavy atom. The quantitative estimate of drug-likeness (QED) is 0.892. The first-order valence-electron chi connectivity index (χ1n) is 6.52. The van der Waals surface area contributed by atoms with Crippen molar-refractivity contribution >= 4 is 11.8 Å². The van der Waals surface area contributed by atoms with Crippen LogP contribution in [0.4, 0.5) is 0 Å². The summed E-state index contributed by atoms with van der Waals surface area (Å²) in [5.74, 6) is 0.868. The maximum absolute atomic E-state index is 5.78. The summed E-state index contributed by atoms with van der Waals surface area (Å²) >= 11 is 1.94. The maximum Gasteiger partial charge on any atom is 0.101 e. The van der Waals surface area contributed by atoms with Crippen LogP contribution in [0.15, 0.2) is 17.2 Å². The molecule has 2 unspecified atom stereocenters. The molecular formula is C14H22N2S. The van der Waals surface area contributed by atoms with Crippen molar-refractivity contribution in [2.75, 3.05) is 0 Å². The van der Waals surface area contributed by atoms with E-state index in [0.29, 0.717) is 6.54 Å². The lowest BCUT2D eigenvalue weighted by molar-refractivity contribution is 0.394. The van der Waals surface area contributed by atoms with Gasteiger partial charge in [-0.05, 0) is 37.3 Å². The molecule has 1 saturated carbocycles. The Hall–Kier alpha value is -0.540. The molecule has 1 aromatic rings. The molecule has 2 nitrogen and oxygen atoms in total. The van der Waals surface area contributed by atoms with Crippen LogP contribution in [0, 0.1) is 12.8 Å². The van der Waals surface area contributed by atoms with Crippen LogP contribution < -0.4 is 5.73 Å². The van der Waals surface area contributed by atoms with E-state index in [1.807, 2.05) is 18.7 Å². The van der Waals surface area contributed by atoms with E-state index >= 15 is 0 Å². The van der Waals surface area contributed by atoms with Gasteiger partial charge >= 0.3 is 0 Å². The molecule has 0 aromatic carbocycles. The number of rotatable bonds is 3. The normalized spacial score (nSPS) is 24.9. The Balaban J connectivity index is 2.08. The van der Waals surface area contributed by atoms with E-state index in [2.05, 4.69) is 24.0 Å². The van der Waals surface area contributed by atoms with Gasteiger partial charge < -0.3 is 5.73 Å². The van der Waals surface area contributed by atoms with Crippen molar-refractivity contribution in [3.05, 3.63) is 23.4 Å². The highest BCUT2D eigenvalue weighted by Crippen LogP contribution is 2.36. The van der Waals surface area contributed by atoms with Gasteiger partial charge in [0.1, 0.15) is 5.03 Å². The molecule has 0 bridgehead atoms. The number of nitrogens with zero attached hydrogens (tertiary/aromatic N) is 1. The van der Waals surface area contributed by atoms with Gasteiger partial charge in [-0.3, -0.25) is 0 Å². The molecule has 0 amide bonds. The van der Waals surface area contributed by atoms with Gasteiger partial charge in [0, 0.05) is 17.5 Å². The summed E-state index contributed by atoms with van der Waals surface area (Å²) in [6.07, 6.45) is 5.41. The summed E-state index contributed by atoms with van der Waals surface area (Å²) in [4.78, 5) is 4.65. The number of nitrogens with two attached hydrogens (primary N) is 1. The van der Waals surface area contributed by atoms with E-state index in [0.717, 1.165) is 21.9 Å². The molecule has 0 saturated heterocycles. The molecule has 94 valence electrons. The molecule has 17 heavy (non-hydrogen) atoms. The second-order valence-corrected chi connectivity index (χ2v) is 6.42. The molecule has 0 aliphatic heterocycles. The standard InChI is InChI=1S/C14H22N2S/c1-10-4-3-5-13(8-10)17-14-12(9-15)7-6-11(2)16-14/h6-7,10,13H,3-5,8-9,15H2,1-2H3. The Bertz CT molecular complexity index is 378. The summed E-state index contributed by atoms with van der Waals surface area (Å²) in [7, 11) is 0. The third kappa shape index (κ3) is 3.46. The first kappa shape index (κ1) is 12.9. The smallest absolute Gasteiger partial charge is 0.101 e. The van der Waals surface area contributed by atoms with Gasteiger partial charge in [0.2, 0.25) is 0 Å². The second-order valence-electron chi connectivity index (χ2n) is 5.13. The molecule has 2 N–H and O–H groups in total. The first-order valence-corrected chi connectivity index (χ1v) is 7.40. The van der Waals surface area contributed by atoms with Gasteiger partial charge in [-0.25, -0.2) is 4.98 Å². The molecule has 1 aromatic heterocycles. The monoisotopic (exact) mass is 250 g/mol. The molecule has 2 atom stereocenters. The molecule has 3 heteroatoms. The highest BCUT2D eigenvalue weighted by molar-refractivity contribution is 7.99. The van der Waals surface area contributed by atoms with Crippen molar-refractivity contribution in [1.82, 2.24) is 4.98 Å². The number of thioether (sulfide) groups is 1. The Morgan fingerprint density at radius 3 is 2.94 bits per heavy atom. The van der Waals surface area contributed by atoms with Crippen LogP contribution in [0.5, 0.6) is 0 Å². The molecule has 1 fully saturated rings. The van der Waals surface area contributed by atoms with Gasteiger partial charge in [0.25, 0.3) is 0 Å². The van der Waals surface area contributed by atoms with Crippen molar-refractivity contribution in [3.63, 3.8) is 0 Å². The van der Waals surface area contributed by atoms with Crippen molar-refractivity contribution in [2.45, 2.75) is 56.4 Å². The summed E-state index contributed by atoms with van der Waals surface area (Å²) < 4.78 is 0. The molecule has 1 heterocycles. The highest BCUT2D eigenvalue weighted by Gasteiger charge is 2.21. The Kier molecular flexibility index (Phi) is 4.46. The average molecular weight is 250 g/mol. The van der Waals surface area contributed by atoms with E-state index in [9.17, 15) is 0 Å². The van der Waals surface area contributed by atoms with Gasteiger partial charge in [0.05, 0.1) is 0 Å². The van der Waals surface area contributed by atoms with Crippen LogP contribution in [0.1, 0.15) is 43.9 Å². The molecule has 1 aliphatic carbocycles. The Labute approximate surface area is 108 Å². The lowest BCUT2D eigenvalue weighted by Crippen LogP contribution is -2.15. The van der Waals surface area contributed by atoms with E-state index in [-0.39, 0.29) is 0 Å². The zero-order valence-electron chi connectivity index (χ0n) is 10.8. The minimum atomic E-state index is 0.595. The lowest BCUT2D eigenvalue weighted by atomic mass is 9.91. The van der Waals surface area contributed by atoms with Crippen LogP contribution >= 0.6 is 11.8 Å². The summed E-state index contributed by atoms with van der Waals surface area (Å²) in [5.41, 5.74) is 8.06. The van der Waals surface area contributed by atoms with E-state index in [1.165, 1.54) is 31.2 Å². The summed E-state index contributed by atoms with van der Waals surface area (Å²) in [5, 5.41) is 1.89. The Morgan fingerprint density at radius 1 is 1.41 bits per heavy atom. The van der Waals surface area contributed by atoms with E-state index in [4.69, 9.17) is 5.73 Å². The fraction of sp³-hybridized carbons (Fsp3) is 0.643. The van der Waals surface area contributed by atoms with Crippen LogP contribution in [0.3, 0.4) is 0 Å². The van der Waals surface area contributed by atoms with Gasteiger partial charge in [-0.1, -0.05) is 25.8 Å². The van der Waals surface area contributed by atoms with Crippen molar-refractivity contribution in [3.8, 4) is 0 Å². The molecule has 2 rings (SSSR count). The minimum absolute atomic E-state index is 0.595. The zero-order chi connectivity index (χ0) is 12.3. The second kappa shape index (κ2) is 5.87. The fourth-order valence-corrected chi connectivity index (χ4v) is 3.99. The highest BCUT2D eigenvalue weighted by atomic mass is 32.2. The summed E-state index contributed by atoms with van der Waals surface area (Å²) in [6, 6.07) is 4.17. The van der Waals surface area contributed by atoms with E-state index < -0.39 is 0 Å². The molecular weight excluding hydrogens is 228 g/mol. The van der Waals surface area contributed by atoms with Gasteiger partial charge in [-0.2, -0.15) is 0 Å². The topological polar surface area (TPSA) is 38.9 Å². The number of hydrogen-bond acceptors (Lipinski definition) is 3.